The van der Waals surface area contributed by atoms with Crippen LogP contribution in [-0.2, 0) is 6.42 Å². The van der Waals surface area contributed by atoms with Crippen LogP contribution in [0.3, 0.4) is 0 Å². The van der Waals surface area contributed by atoms with E-state index in [4.69, 9.17) is 11.6 Å². The molecule has 2 rings (SSSR count). The van der Waals surface area contributed by atoms with Crippen LogP contribution in [0.2, 0.25) is 4.34 Å². The van der Waals surface area contributed by atoms with Crippen LogP contribution in [0, 0.1) is 0 Å². The molecule has 0 saturated heterocycles. The van der Waals surface area contributed by atoms with Crippen molar-refractivity contribution in [2.45, 2.75) is 24.3 Å². The normalized spacial score (nSPS) is 12.6. The first-order chi connectivity index (χ1) is 9.22. The lowest BCUT2D eigenvalue weighted by atomic mass is 10.0. The van der Waals surface area contributed by atoms with E-state index < -0.39 is 0 Å². The van der Waals surface area contributed by atoms with E-state index in [0.29, 0.717) is 6.04 Å². The summed E-state index contributed by atoms with van der Waals surface area (Å²) in [7, 11) is 0. The number of hydrogen-bond acceptors (Lipinski definition) is 3. The lowest BCUT2D eigenvalue weighted by Crippen LogP contribution is -2.22. The van der Waals surface area contributed by atoms with Crippen LogP contribution in [0.15, 0.2) is 41.3 Å². The first-order valence-corrected chi connectivity index (χ1v) is 8.76. The topological polar surface area (TPSA) is 12.0 Å². The molecule has 102 valence electrons. The predicted molar refractivity (Wildman–Crippen MR) is 87.7 cm³/mol. The molecule has 0 saturated carbocycles. The minimum Gasteiger partial charge on any atom is -0.310 e. The molecule has 1 N–H and O–H groups in total. The fraction of sp³-hybridized carbons (Fsp3) is 0.333. The lowest BCUT2D eigenvalue weighted by molar-refractivity contribution is 0.553. The van der Waals surface area contributed by atoms with E-state index in [1.54, 1.807) is 23.1 Å². The highest BCUT2D eigenvalue weighted by Crippen LogP contribution is 2.27. The molecule has 1 atom stereocenters. The van der Waals surface area contributed by atoms with Crippen molar-refractivity contribution in [3.8, 4) is 0 Å². The third-order valence-electron chi connectivity index (χ3n) is 3.00. The standard InChI is InChI=1S/C15H18ClNS2/c1-3-17-14(10-13-8-9-15(16)19-13)11-4-6-12(18-2)7-5-11/h4-9,14,17H,3,10H2,1-2H3. The lowest BCUT2D eigenvalue weighted by Gasteiger charge is -2.18. The smallest absolute Gasteiger partial charge is 0.0931 e. The van der Waals surface area contributed by atoms with E-state index in [1.165, 1.54) is 15.3 Å². The van der Waals surface area contributed by atoms with Gasteiger partial charge in [0.2, 0.25) is 0 Å². The van der Waals surface area contributed by atoms with Crippen LogP contribution in [0.5, 0.6) is 0 Å². The van der Waals surface area contributed by atoms with E-state index in [0.717, 1.165) is 17.3 Å². The number of hydrogen-bond donors (Lipinski definition) is 1. The third-order valence-corrected chi connectivity index (χ3v) is 5.00. The molecule has 0 fully saturated rings. The number of thiophene rings is 1. The first kappa shape index (κ1) is 14.9. The summed E-state index contributed by atoms with van der Waals surface area (Å²) in [6, 6.07) is 13.3. The average molecular weight is 312 g/mol. The first-order valence-electron chi connectivity index (χ1n) is 6.34. The Balaban J connectivity index is 2.13. The number of likely N-dealkylation sites (N-methyl/N-ethyl adjacent to an activating group) is 1. The van der Waals surface area contributed by atoms with Crippen LogP contribution in [-0.4, -0.2) is 12.8 Å². The number of thioether (sulfide) groups is 1. The van der Waals surface area contributed by atoms with Crippen molar-refractivity contribution in [1.29, 1.82) is 0 Å². The summed E-state index contributed by atoms with van der Waals surface area (Å²) >= 11 is 9.44. The van der Waals surface area contributed by atoms with Gasteiger partial charge in [-0.3, -0.25) is 0 Å². The van der Waals surface area contributed by atoms with Crippen molar-refractivity contribution in [2.24, 2.45) is 0 Å². The van der Waals surface area contributed by atoms with Crippen molar-refractivity contribution < 1.29 is 0 Å². The minimum atomic E-state index is 0.357. The van der Waals surface area contributed by atoms with Crippen LogP contribution >= 0.6 is 34.7 Å². The Hall–Kier alpha value is -0.480. The summed E-state index contributed by atoms with van der Waals surface area (Å²) in [6.07, 6.45) is 3.09. The molecule has 1 unspecified atom stereocenters. The quantitative estimate of drug-likeness (QED) is 0.752. The van der Waals surface area contributed by atoms with Crippen molar-refractivity contribution in [2.75, 3.05) is 12.8 Å². The van der Waals surface area contributed by atoms with Gasteiger partial charge in [-0.1, -0.05) is 30.7 Å². The molecular formula is C15H18ClNS2. The Labute approximate surface area is 128 Å². The fourth-order valence-corrected chi connectivity index (χ4v) is 3.59. The Morgan fingerprint density at radius 1 is 1.21 bits per heavy atom. The second-order valence-electron chi connectivity index (χ2n) is 4.29. The van der Waals surface area contributed by atoms with Crippen LogP contribution in [0.1, 0.15) is 23.4 Å². The zero-order valence-corrected chi connectivity index (χ0v) is 13.5. The summed E-state index contributed by atoms with van der Waals surface area (Å²) in [6.45, 7) is 3.11. The molecule has 1 nitrogen and oxygen atoms in total. The second-order valence-corrected chi connectivity index (χ2v) is 6.97. The third kappa shape index (κ3) is 4.25. The fourth-order valence-electron chi connectivity index (χ4n) is 2.05. The summed E-state index contributed by atoms with van der Waals surface area (Å²) in [5.41, 5.74) is 1.34. The molecule has 0 aliphatic rings. The molecule has 2 aromatic rings. The van der Waals surface area contributed by atoms with Gasteiger partial charge >= 0.3 is 0 Å². The number of nitrogens with one attached hydrogen (secondary N) is 1. The SMILES string of the molecule is CCNC(Cc1ccc(Cl)s1)c1ccc(SC)cc1. The van der Waals surface area contributed by atoms with Gasteiger partial charge in [0.05, 0.1) is 4.34 Å². The molecule has 0 aliphatic carbocycles. The molecule has 0 spiro atoms. The molecule has 1 heterocycles. The number of rotatable bonds is 6. The second kappa shape index (κ2) is 7.34. The van der Waals surface area contributed by atoms with Gasteiger partial charge in [0.25, 0.3) is 0 Å². The van der Waals surface area contributed by atoms with Gasteiger partial charge in [0.1, 0.15) is 0 Å². The monoisotopic (exact) mass is 311 g/mol. The van der Waals surface area contributed by atoms with Crippen molar-refractivity contribution in [1.82, 2.24) is 5.32 Å². The molecule has 19 heavy (non-hydrogen) atoms. The molecule has 1 aromatic heterocycles. The van der Waals surface area contributed by atoms with Gasteiger partial charge in [-0.15, -0.1) is 23.1 Å². The van der Waals surface area contributed by atoms with Crippen LogP contribution in [0.4, 0.5) is 0 Å². The summed E-state index contributed by atoms with van der Waals surface area (Å²) in [5.74, 6) is 0. The molecule has 0 bridgehead atoms. The average Bonchev–Trinajstić information content (AvgIpc) is 2.84. The van der Waals surface area contributed by atoms with Gasteiger partial charge < -0.3 is 5.32 Å². The summed E-state index contributed by atoms with van der Waals surface area (Å²) < 4.78 is 0.864. The molecule has 0 radical (unpaired) electrons. The predicted octanol–water partition coefficient (Wildman–Crippen LogP) is 5.02. The maximum Gasteiger partial charge on any atom is 0.0931 e. The van der Waals surface area contributed by atoms with Gasteiger partial charge in [0, 0.05) is 22.2 Å². The summed E-state index contributed by atoms with van der Waals surface area (Å²) in [4.78, 5) is 2.63. The molecule has 0 aliphatic heterocycles. The van der Waals surface area contributed by atoms with Crippen molar-refractivity contribution in [3.05, 3.63) is 51.2 Å². The van der Waals surface area contributed by atoms with Crippen LogP contribution < -0.4 is 5.32 Å². The van der Waals surface area contributed by atoms with E-state index >= 15 is 0 Å². The highest BCUT2D eigenvalue weighted by molar-refractivity contribution is 7.98. The Kier molecular flexibility index (Phi) is 5.76. The highest BCUT2D eigenvalue weighted by atomic mass is 35.5. The van der Waals surface area contributed by atoms with Gasteiger partial charge in [-0.2, -0.15) is 0 Å². The number of halogens is 1. The van der Waals surface area contributed by atoms with E-state index in [1.807, 2.05) is 6.07 Å². The molecule has 1 aromatic carbocycles. The largest absolute Gasteiger partial charge is 0.310 e. The Morgan fingerprint density at radius 3 is 2.47 bits per heavy atom. The van der Waals surface area contributed by atoms with Gasteiger partial charge in [0.15, 0.2) is 0 Å². The Morgan fingerprint density at radius 2 is 1.95 bits per heavy atom. The van der Waals surface area contributed by atoms with Gasteiger partial charge in [-0.25, -0.2) is 0 Å². The molecular weight excluding hydrogens is 294 g/mol. The maximum absolute atomic E-state index is 6.00. The zero-order valence-electron chi connectivity index (χ0n) is 11.2. The summed E-state index contributed by atoms with van der Waals surface area (Å²) in [5, 5.41) is 3.55. The van der Waals surface area contributed by atoms with E-state index in [9.17, 15) is 0 Å². The molecule has 0 amide bonds. The molecule has 4 heteroatoms. The maximum atomic E-state index is 6.00. The van der Waals surface area contributed by atoms with Crippen molar-refractivity contribution >= 4 is 34.7 Å². The minimum absolute atomic E-state index is 0.357. The Bertz CT molecular complexity index is 507. The van der Waals surface area contributed by atoms with Gasteiger partial charge in [-0.05, 0) is 42.6 Å². The highest BCUT2D eigenvalue weighted by Gasteiger charge is 2.12. The number of benzene rings is 1. The van der Waals surface area contributed by atoms with E-state index in [-0.39, 0.29) is 0 Å². The zero-order chi connectivity index (χ0) is 13.7. The van der Waals surface area contributed by atoms with E-state index in [2.05, 4.69) is 48.8 Å². The van der Waals surface area contributed by atoms with Crippen molar-refractivity contribution in [3.63, 3.8) is 0 Å². The van der Waals surface area contributed by atoms with Crippen LogP contribution in [0.25, 0.3) is 0 Å².